The van der Waals surface area contributed by atoms with E-state index in [0.29, 0.717) is 13.0 Å². The monoisotopic (exact) mass is 812 g/mol. The van der Waals surface area contributed by atoms with Gasteiger partial charge < -0.3 is 25.2 Å². The van der Waals surface area contributed by atoms with Crippen molar-refractivity contribution in [1.82, 2.24) is 0 Å². The second-order valence-electron chi connectivity index (χ2n) is 14.8. The number of hydrogen-bond donors (Lipinski definition) is 3. The molecule has 4 N–H and O–H groups in total. The molecule has 0 saturated heterocycles. The minimum atomic E-state index is -4.62. The number of allylic oxidation sites excluding steroid dienone is 8. The van der Waals surface area contributed by atoms with Gasteiger partial charge in [0.25, 0.3) is 0 Å². The number of carboxylic acids is 1. The lowest BCUT2D eigenvalue weighted by molar-refractivity contribution is -0.154. The number of carboxylic acid groups (broad SMARTS) is 1. The summed E-state index contributed by atoms with van der Waals surface area (Å²) in [5.74, 6) is -1.80. The summed E-state index contributed by atoms with van der Waals surface area (Å²) in [6.45, 7) is 3.75. The molecule has 0 aliphatic rings. The molecule has 326 valence electrons. The molecule has 10 nitrogen and oxygen atoms in total. The third-order valence-electron chi connectivity index (χ3n) is 9.37. The summed E-state index contributed by atoms with van der Waals surface area (Å²) >= 11 is 0. The van der Waals surface area contributed by atoms with Crippen LogP contribution in [0.15, 0.2) is 48.6 Å². The van der Waals surface area contributed by atoms with Crippen LogP contribution in [0.2, 0.25) is 0 Å². The SMILES string of the molecule is CC/C=C\C/C=C\C/C=C\C/C=C\CCCCCCC(=O)OC(COCCCCCCCCCCCCCCCCCCC)COP(=O)(O)OCC(N)C(=O)O. The number of carbonyl (C=O) groups is 2. The molecule has 0 aromatic heterocycles. The maximum atomic E-state index is 12.6. The first-order valence-corrected chi connectivity index (χ1v) is 23.7. The Balaban J connectivity index is 4.26. The van der Waals surface area contributed by atoms with Crippen molar-refractivity contribution in [3.63, 3.8) is 0 Å². The van der Waals surface area contributed by atoms with E-state index in [1.807, 2.05) is 0 Å². The summed E-state index contributed by atoms with van der Waals surface area (Å²) in [5, 5.41) is 8.90. The van der Waals surface area contributed by atoms with Crippen LogP contribution in [0, 0.1) is 0 Å². The van der Waals surface area contributed by atoms with E-state index >= 15 is 0 Å². The van der Waals surface area contributed by atoms with Gasteiger partial charge in [0.1, 0.15) is 12.1 Å². The van der Waals surface area contributed by atoms with E-state index in [9.17, 15) is 19.0 Å². The number of carbonyl (C=O) groups excluding carboxylic acids is 1. The number of nitrogens with two attached hydrogens (primary N) is 1. The highest BCUT2D eigenvalue weighted by Gasteiger charge is 2.27. The predicted octanol–water partition coefficient (Wildman–Crippen LogP) is 12.3. The largest absolute Gasteiger partial charge is 0.480 e. The molecule has 3 unspecified atom stereocenters. The van der Waals surface area contributed by atoms with Gasteiger partial charge in [-0.05, 0) is 51.4 Å². The third-order valence-corrected chi connectivity index (χ3v) is 10.3. The summed E-state index contributed by atoms with van der Waals surface area (Å²) in [5.41, 5.74) is 5.35. The van der Waals surface area contributed by atoms with Gasteiger partial charge in [-0.15, -0.1) is 0 Å². The van der Waals surface area contributed by atoms with Gasteiger partial charge in [-0.2, -0.15) is 0 Å². The molecule has 3 atom stereocenters. The van der Waals surface area contributed by atoms with Crippen LogP contribution in [0.1, 0.15) is 187 Å². The fourth-order valence-corrected chi connectivity index (χ4v) is 6.73. The first-order valence-electron chi connectivity index (χ1n) is 22.2. The summed E-state index contributed by atoms with van der Waals surface area (Å²) in [7, 11) is -4.62. The van der Waals surface area contributed by atoms with Crippen molar-refractivity contribution >= 4 is 19.8 Å². The van der Waals surface area contributed by atoms with Crippen LogP contribution in [0.5, 0.6) is 0 Å². The molecule has 0 spiro atoms. The van der Waals surface area contributed by atoms with Crippen LogP contribution >= 0.6 is 7.82 Å². The molecule has 0 amide bonds. The lowest BCUT2D eigenvalue weighted by Gasteiger charge is -2.20. The van der Waals surface area contributed by atoms with Crippen LogP contribution in [-0.2, 0) is 32.7 Å². The van der Waals surface area contributed by atoms with Crippen LogP contribution < -0.4 is 5.73 Å². The normalized spacial score (nSPS) is 14.4. The Hall–Kier alpha value is -2.07. The zero-order chi connectivity index (χ0) is 41.2. The summed E-state index contributed by atoms with van der Waals surface area (Å²) in [4.78, 5) is 33.5. The second kappa shape index (κ2) is 41.1. The highest BCUT2D eigenvalue weighted by molar-refractivity contribution is 7.47. The van der Waals surface area contributed by atoms with Crippen molar-refractivity contribution < 1.29 is 42.7 Å². The topological polar surface area (TPSA) is 155 Å². The fraction of sp³-hybridized carbons (Fsp3) is 0.778. The number of esters is 1. The standard InChI is InChI=1S/C45H82NO9P/c1-3-5-7-9-11-13-15-17-19-21-23-25-27-29-31-33-35-37-44(47)55-42(40-53-56(50,51)54-41-43(46)45(48)49)39-52-38-36-34-32-30-28-26-24-22-20-18-16-14-12-10-8-6-4-2/h5,7,11,13,17,19,23,25,42-43H,3-4,6,8-10,12,14-16,18,20-22,24,26-41,46H2,1-2H3,(H,48,49)(H,50,51)/b7-5-,13-11-,19-17-,25-23-. The number of phosphoric acid groups is 1. The molecule has 0 rings (SSSR count). The van der Waals surface area contributed by atoms with Gasteiger partial charge in [-0.3, -0.25) is 18.6 Å². The fourth-order valence-electron chi connectivity index (χ4n) is 5.95. The zero-order valence-electron chi connectivity index (χ0n) is 35.5. The summed E-state index contributed by atoms with van der Waals surface area (Å²) < 4.78 is 33.4. The predicted molar refractivity (Wildman–Crippen MR) is 231 cm³/mol. The van der Waals surface area contributed by atoms with Crippen LogP contribution in [0.4, 0.5) is 0 Å². The molecule has 0 aliphatic heterocycles. The second-order valence-corrected chi connectivity index (χ2v) is 16.3. The Morgan fingerprint density at radius 3 is 1.55 bits per heavy atom. The molecular weight excluding hydrogens is 729 g/mol. The molecule has 0 bridgehead atoms. The first-order chi connectivity index (χ1) is 27.2. The molecule has 0 fully saturated rings. The summed E-state index contributed by atoms with van der Waals surface area (Å²) in [6.07, 6.45) is 47.3. The Morgan fingerprint density at radius 2 is 1.04 bits per heavy atom. The molecule has 0 heterocycles. The lowest BCUT2D eigenvalue weighted by Crippen LogP contribution is -2.34. The van der Waals surface area contributed by atoms with E-state index in [1.165, 1.54) is 89.9 Å². The van der Waals surface area contributed by atoms with Gasteiger partial charge in [0.15, 0.2) is 0 Å². The van der Waals surface area contributed by atoms with E-state index < -0.39 is 45.1 Å². The van der Waals surface area contributed by atoms with Crippen LogP contribution in [-0.4, -0.2) is 60.5 Å². The number of hydrogen-bond acceptors (Lipinski definition) is 8. The first kappa shape index (κ1) is 53.9. The molecular formula is C45H82NO9P. The van der Waals surface area contributed by atoms with Gasteiger partial charge in [0.05, 0.1) is 19.8 Å². The maximum Gasteiger partial charge on any atom is 0.472 e. The zero-order valence-corrected chi connectivity index (χ0v) is 36.4. The van der Waals surface area contributed by atoms with E-state index in [4.69, 9.17) is 29.4 Å². The Kier molecular flexibility index (Phi) is 39.6. The van der Waals surface area contributed by atoms with Crippen LogP contribution in [0.3, 0.4) is 0 Å². The van der Waals surface area contributed by atoms with Crippen molar-refractivity contribution in [1.29, 1.82) is 0 Å². The smallest absolute Gasteiger partial charge is 0.472 e. The van der Waals surface area contributed by atoms with Crippen molar-refractivity contribution in [2.24, 2.45) is 5.73 Å². The molecule has 0 aromatic rings. The van der Waals surface area contributed by atoms with Gasteiger partial charge in [0.2, 0.25) is 0 Å². The Bertz CT molecular complexity index is 1080. The minimum Gasteiger partial charge on any atom is -0.480 e. The Morgan fingerprint density at radius 1 is 0.589 bits per heavy atom. The van der Waals surface area contributed by atoms with E-state index in [1.54, 1.807) is 0 Å². The minimum absolute atomic E-state index is 0.00804. The van der Waals surface area contributed by atoms with Gasteiger partial charge >= 0.3 is 19.8 Å². The van der Waals surface area contributed by atoms with Gasteiger partial charge in [-0.25, -0.2) is 4.57 Å². The van der Waals surface area contributed by atoms with Crippen molar-refractivity contribution in [2.45, 2.75) is 199 Å². The third kappa shape index (κ3) is 40.1. The average molecular weight is 812 g/mol. The number of rotatable bonds is 42. The van der Waals surface area contributed by atoms with Crippen molar-refractivity contribution in [2.75, 3.05) is 26.4 Å². The Labute approximate surface area is 341 Å². The quantitative estimate of drug-likeness (QED) is 0.0235. The maximum absolute atomic E-state index is 12.6. The number of phosphoric ester groups is 1. The lowest BCUT2D eigenvalue weighted by atomic mass is 10.0. The highest BCUT2D eigenvalue weighted by atomic mass is 31.2. The van der Waals surface area contributed by atoms with E-state index in [0.717, 1.165) is 70.6 Å². The number of aliphatic carboxylic acids is 1. The molecule has 0 aromatic carbocycles. The van der Waals surface area contributed by atoms with E-state index in [2.05, 4.69) is 62.5 Å². The number of ether oxygens (including phenoxy) is 2. The van der Waals surface area contributed by atoms with E-state index in [-0.39, 0.29) is 13.0 Å². The molecule has 11 heteroatoms. The summed E-state index contributed by atoms with van der Waals surface area (Å²) in [6, 6.07) is -1.48. The molecule has 0 saturated carbocycles. The average Bonchev–Trinajstić information content (AvgIpc) is 3.18. The van der Waals surface area contributed by atoms with Gasteiger partial charge in [-0.1, -0.05) is 178 Å². The van der Waals surface area contributed by atoms with Crippen LogP contribution in [0.25, 0.3) is 0 Å². The van der Waals surface area contributed by atoms with Crippen molar-refractivity contribution in [3.8, 4) is 0 Å². The molecule has 56 heavy (non-hydrogen) atoms. The van der Waals surface area contributed by atoms with Crippen molar-refractivity contribution in [3.05, 3.63) is 48.6 Å². The molecule has 0 aliphatic carbocycles. The molecule has 0 radical (unpaired) electrons. The number of unbranched alkanes of at least 4 members (excludes halogenated alkanes) is 20. The highest BCUT2D eigenvalue weighted by Crippen LogP contribution is 2.43. The van der Waals surface area contributed by atoms with Gasteiger partial charge in [0, 0.05) is 13.0 Å².